The van der Waals surface area contributed by atoms with Crippen LogP contribution in [0.1, 0.15) is 20.7 Å². The Morgan fingerprint density at radius 3 is 2.52 bits per heavy atom. The van der Waals surface area contributed by atoms with Gasteiger partial charge in [-0.1, -0.05) is 24.3 Å². The Hall–Kier alpha value is -2.95. The number of hydrogen-bond acceptors (Lipinski definition) is 2. The van der Waals surface area contributed by atoms with E-state index in [1.807, 2.05) is 0 Å². The molecule has 0 radical (unpaired) electrons. The second kappa shape index (κ2) is 4.86. The van der Waals surface area contributed by atoms with E-state index in [1.165, 1.54) is 29.0 Å². The summed E-state index contributed by atoms with van der Waals surface area (Å²) in [6.07, 6.45) is 1.26. The number of fused-ring (bicyclic) bond motifs is 1. The molecule has 0 spiro atoms. The number of halogens is 1. The maximum Gasteiger partial charge on any atom is 0.337 e. The number of para-hydroxylation sites is 1. The number of carbonyl (C=O) groups excluding carboxylic acids is 1. The van der Waals surface area contributed by atoms with Gasteiger partial charge in [-0.05, 0) is 24.3 Å². The summed E-state index contributed by atoms with van der Waals surface area (Å²) in [4.78, 5) is 23.7. The first-order valence-corrected chi connectivity index (χ1v) is 6.21. The lowest BCUT2D eigenvalue weighted by molar-refractivity contribution is 0.0699. The molecule has 5 heteroatoms. The first kappa shape index (κ1) is 13.1. The summed E-state index contributed by atoms with van der Waals surface area (Å²) >= 11 is 0. The van der Waals surface area contributed by atoms with Gasteiger partial charge in [0.15, 0.2) is 0 Å². The maximum atomic E-state index is 13.2. The Morgan fingerprint density at radius 1 is 1.05 bits per heavy atom. The molecule has 0 saturated heterocycles. The highest BCUT2D eigenvalue weighted by Crippen LogP contribution is 2.22. The summed E-state index contributed by atoms with van der Waals surface area (Å²) in [6.45, 7) is 0. The van der Waals surface area contributed by atoms with Crippen LogP contribution in [0.2, 0.25) is 0 Å². The summed E-state index contributed by atoms with van der Waals surface area (Å²) in [5, 5.41) is 9.68. The molecule has 0 atom stereocenters. The first-order chi connectivity index (χ1) is 10.1. The Kier molecular flexibility index (Phi) is 3.02. The maximum absolute atomic E-state index is 13.2. The van der Waals surface area contributed by atoms with Crippen LogP contribution in [0.4, 0.5) is 4.39 Å². The van der Waals surface area contributed by atoms with E-state index in [2.05, 4.69) is 0 Å². The average molecular weight is 283 g/mol. The van der Waals surface area contributed by atoms with Gasteiger partial charge in [-0.15, -0.1) is 0 Å². The van der Waals surface area contributed by atoms with Crippen molar-refractivity contribution in [3.63, 3.8) is 0 Å². The molecule has 0 saturated carbocycles. The summed E-state index contributed by atoms with van der Waals surface area (Å²) < 4.78 is 14.5. The van der Waals surface area contributed by atoms with Gasteiger partial charge in [-0.3, -0.25) is 9.36 Å². The van der Waals surface area contributed by atoms with Gasteiger partial charge < -0.3 is 5.11 Å². The first-order valence-electron chi connectivity index (χ1n) is 6.21. The predicted octanol–water partition coefficient (Wildman–Crippen LogP) is 3.17. The molecule has 0 unspecified atom stereocenters. The number of carboxylic acid groups (broad SMARTS) is 1. The van der Waals surface area contributed by atoms with Crippen LogP contribution in [0, 0.1) is 5.82 Å². The Morgan fingerprint density at radius 2 is 1.81 bits per heavy atom. The van der Waals surface area contributed by atoms with Crippen molar-refractivity contribution in [2.24, 2.45) is 0 Å². The Bertz CT molecular complexity index is 867. The Labute approximate surface area is 119 Å². The molecule has 1 aromatic heterocycles. The molecule has 0 aliphatic rings. The minimum Gasteiger partial charge on any atom is -0.478 e. The van der Waals surface area contributed by atoms with Crippen molar-refractivity contribution in [2.45, 2.75) is 0 Å². The number of carboxylic acids is 1. The smallest absolute Gasteiger partial charge is 0.337 e. The monoisotopic (exact) mass is 283 g/mol. The molecule has 2 aromatic carbocycles. The van der Waals surface area contributed by atoms with Crippen LogP contribution in [0.3, 0.4) is 0 Å². The van der Waals surface area contributed by atoms with Crippen LogP contribution in [-0.2, 0) is 0 Å². The molecule has 0 aliphatic carbocycles. The highest BCUT2D eigenvalue weighted by Gasteiger charge is 2.18. The molecule has 3 rings (SSSR count). The summed E-state index contributed by atoms with van der Waals surface area (Å²) in [5.41, 5.74) is 0.673. The summed E-state index contributed by atoms with van der Waals surface area (Å²) in [5.74, 6) is -2.11. The van der Waals surface area contributed by atoms with Gasteiger partial charge >= 0.3 is 5.97 Å². The van der Waals surface area contributed by atoms with Gasteiger partial charge in [0, 0.05) is 17.1 Å². The van der Waals surface area contributed by atoms with Gasteiger partial charge in [0.05, 0.1) is 11.1 Å². The number of rotatable bonds is 2. The zero-order chi connectivity index (χ0) is 15.0. The van der Waals surface area contributed by atoms with Crippen molar-refractivity contribution in [3.05, 3.63) is 71.7 Å². The van der Waals surface area contributed by atoms with E-state index in [9.17, 15) is 19.1 Å². The molecule has 1 N–H and O–H groups in total. The molecular formula is C16H10FNO3. The zero-order valence-electron chi connectivity index (χ0n) is 10.8. The van der Waals surface area contributed by atoms with E-state index >= 15 is 0 Å². The van der Waals surface area contributed by atoms with Crippen LogP contribution >= 0.6 is 0 Å². The highest BCUT2D eigenvalue weighted by molar-refractivity contribution is 6.09. The number of aromatic carboxylic acids is 1. The van der Waals surface area contributed by atoms with E-state index in [1.54, 1.807) is 24.3 Å². The van der Waals surface area contributed by atoms with E-state index in [0.29, 0.717) is 10.9 Å². The van der Waals surface area contributed by atoms with Crippen LogP contribution in [-0.4, -0.2) is 21.6 Å². The van der Waals surface area contributed by atoms with Crippen molar-refractivity contribution in [3.8, 4) is 0 Å². The van der Waals surface area contributed by atoms with E-state index in [4.69, 9.17) is 0 Å². The lowest BCUT2D eigenvalue weighted by Gasteiger charge is -2.04. The number of hydrogen-bond donors (Lipinski definition) is 1. The minimum absolute atomic E-state index is 0.0374. The van der Waals surface area contributed by atoms with Crippen molar-refractivity contribution in [1.29, 1.82) is 0 Å². The lowest BCUT2D eigenvalue weighted by Crippen LogP contribution is -2.11. The molecule has 3 aromatic rings. The highest BCUT2D eigenvalue weighted by atomic mass is 19.1. The normalized spacial score (nSPS) is 10.7. The predicted molar refractivity (Wildman–Crippen MR) is 75.0 cm³/mol. The second-order valence-corrected chi connectivity index (χ2v) is 4.55. The fraction of sp³-hybridized carbons (Fsp3) is 0. The molecule has 104 valence electrons. The quantitative estimate of drug-likeness (QED) is 0.785. The molecule has 0 fully saturated rings. The van der Waals surface area contributed by atoms with Crippen molar-refractivity contribution < 1.29 is 19.1 Å². The summed E-state index contributed by atoms with van der Waals surface area (Å²) in [7, 11) is 0. The SMILES string of the molecule is O=C(O)c1cn(C(=O)c2cccc(F)c2)c2ccccc12. The van der Waals surface area contributed by atoms with Crippen LogP contribution < -0.4 is 0 Å². The minimum atomic E-state index is -1.11. The molecular weight excluding hydrogens is 273 g/mol. The standard InChI is InChI=1S/C16H10FNO3/c17-11-5-3-4-10(8-11)15(19)18-9-13(16(20)21)12-6-1-2-7-14(12)18/h1-9H,(H,20,21). The molecule has 0 aliphatic heterocycles. The largest absolute Gasteiger partial charge is 0.478 e. The number of nitrogens with zero attached hydrogens (tertiary/aromatic N) is 1. The van der Waals surface area contributed by atoms with E-state index in [0.717, 1.165) is 6.07 Å². The third-order valence-corrected chi connectivity index (χ3v) is 3.23. The van der Waals surface area contributed by atoms with Crippen LogP contribution in [0.5, 0.6) is 0 Å². The molecule has 4 nitrogen and oxygen atoms in total. The summed E-state index contributed by atoms with van der Waals surface area (Å²) in [6, 6.07) is 12.0. The molecule has 21 heavy (non-hydrogen) atoms. The van der Waals surface area contributed by atoms with E-state index in [-0.39, 0.29) is 11.1 Å². The fourth-order valence-corrected chi connectivity index (χ4v) is 2.28. The number of aromatic nitrogens is 1. The molecule has 0 amide bonds. The Balaban J connectivity index is 2.21. The number of carbonyl (C=O) groups is 2. The van der Waals surface area contributed by atoms with Crippen LogP contribution in [0.15, 0.2) is 54.7 Å². The third kappa shape index (κ3) is 2.18. The van der Waals surface area contributed by atoms with Gasteiger partial charge in [0.2, 0.25) is 0 Å². The van der Waals surface area contributed by atoms with Gasteiger partial charge in [-0.2, -0.15) is 0 Å². The third-order valence-electron chi connectivity index (χ3n) is 3.23. The average Bonchev–Trinajstić information content (AvgIpc) is 2.86. The van der Waals surface area contributed by atoms with Crippen molar-refractivity contribution in [2.75, 3.05) is 0 Å². The topological polar surface area (TPSA) is 59.3 Å². The number of benzene rings is 2. The van der Waals surface area contributed by atoms with Gasteiger partial charge in [0.1, 0.15) is 5.82 Å². The zero-order valence-corrected chi connectivity index (χ0v) is 10.8. The van der Waals surface area contributed by atoms with Crippen molar-refractivity contribution >= 4 is 22.8 Å². The second-order valence-electron chi connectivity index (χ2n) is 4.55. The van der Waals surface area contributed by atoms with Crippen molar-refractivity contribution in [1.82, 2.24) is 4.57 Å². The molecule has 0 bridgehead atoms. The fourth-order valence-electron chi connectivity index (χ4n) is 2.28. The van der Waals surface area contributed by atoms with Gasteiger partial charge in [-0.25, -0.2) is 9.18 Å². The van der Waals surface area contributed by atoms with Crippen LogP contribution in [0.25, 0.3) is 10.9 Å². The lowest BCUT2D eigenvalue weighted by atomic mass is 10.2. The van der Waals surface area contributed by atoms with Gasteiger partial charge in [0.25, 0.3) is 5.91 Å². The van der Waals surface area contributed by atoms with E-state index < -0.39 is 17.7 Å². The molecule has 1 heterocycles.